The zero-order chi connectivity index (χ0) is 10.8. The van der Waals surface area contributed by atoms with Crippen LogP contribution in [0.2, 0.25) is 0 Å². The number of aryl methyl sites for hydroxylation is 1. The highest BCUT2D eigenvalue weighted by Gasteiger charge is 2.20. The maximum atomic E-state index is 11.4. The number of benzene rings is 1. The lowest BCUT2D eigenvalue weighted by atomic mass is 10.1. The molecule has 0 atom stereocenters. The number of anilines is 2. The number of nitrogens with one attached hydrogen (secondary N) is 1. The van der Waals surface area contributed by atoms with Gasteiger partial charge in [0.2, 0.25) is 5.91 Å². The van der Waals surface area contributed by atoms with Gasteiger partial charge in [0.05, 0.1) is 24.5 Å². The molecule has 0 fully saturated rings. The molecule has 0 radical (unpaired) electrons. The summed E-state index contributed by atoms with van der Waals surface area (Å²) in [6, 6.07) is 5.91. The summed E-state index contributed by atoms with van der Waals surface area (Å²) in [6.07, 6.45) is 0. The topological polar surface area (TPSA) is 52.6 Å². The predicted molar refractivity (Wildman–Crippen MR) is 59.1 cm³/mol. The van der Waals surface area contributed by atoms with Gasteiger partial charge in [-0.05, 0) is 24.6 Å². The Hall–Kier alpha value is -1.55. The second kappa shape index (κ2) is 3.90. The Kier molecular flexibility index (Phi) is 2.60. The number of fused-ring (bicyclic) bond motifs is 1. The summed E-state index contributed by atoms with van der Waals surface area (Å²) < 4.78 is 0. The van der Waals surface area contributed by atoms with Crippen LogP contribution in [0.5, 0.6) is 0 Å². The first-order chi connectivity index (χ1) is 7.20. The molecule has 4 heteroatoms. The Morgan fingerprint density at radius 1 is 1.53 bits per heavy atom. The number of aliphatic hydroxyl groups excluding tert-OH is 1. The van der Waals surface area contributed by atoms with Gasteiger partial charge >= 0.3 is 0 Å². The van der Waals surface area contributed by atoms with Crippen LogP contribution >= 0.6 is 0 Å². The first-order valence-electron chi connectivity index (χ1n) is 4.97. The molecule has 0 bridgehead atoms. The molecule has 0 aromatic heterocycles. The van der Waals surface area contributed by atoms with Crippen molar-refractivity contribution in [3.63, 3.8) is 0 Å². The van der Waals surface area contributed by atoms with E-state index in [1.807, 2.05) is 30.0 Å². The van der Waals surface area contributed by atoms with E-state index in [1.165, 1.54) is 0 Å². The molecule has 0 saturated heterocycles. The van der Waals surface area contributed by atoms with E-state index in [4.69, 9.17) is 5.11 Å². The fraction of sp³-hybridized carbons (Fsp3) is 0.364. The zero-order valence-electron chi connectivity index (χ0n) is 8.66. The van der Waals surface area contributed by atoms with Crippen LogP contribution in [-0.2, 0) is 4.79 Å². The molecule has 2 rings (SSSR count). The summed E-state index contributed by atoms with van der Waals surface area (Å²) in [5, 5.41) is 11.7. The molecule has 1 aliphatic rings. The van der Waals surface area contributed by atoms with E-state index < -0.39 is 0 Å². The third-order valence-corrected chi connectivity index (χ3v) is 2.47. The molecule has 15 heavy (non-hydrogen) atoms. The van der Waals surface area contributed by atoms with Crippen molar-refractivity contribution in [1.82, 2.24) is 0 Å². The number of hydrogen-bond acceptors (Lipinski definition) is 3. The molecule has 0 aliphatic carbocycles. The highest BCUT2D eigenvalue weighted by Crippen LogP contribution is 2.29. The van der Waals surface area contributed by atoms with Crippen molar-refractivity contribution < 1.29 is 9.90 Å². The van der Waals surface area contributed by atoms with Gasteiger partial charge in [0.1, 0.15) is 0 Å². The number of rotatable bonds is 2. The molecule has 4 nitrogen and oxygen atoms in total. The number of carbonyl (C=O) groups is 1. The van der Waals surface area contributed by atoms with Gasteiger partial charge in [-0.2, -0.15) is 0 Å². The predicted octanol–water partition coefficient (Wildman–Crippen LogP) is 0.746. The maximum absolute atomic E-state index is 11.4. The molecule has 1 aliphatic heterocycles. The van der Waals surface area contributed by atoms with Crippen LogP contribution < -0.4 is 10.2 Å². The van der Waals surface area contributed by atoms with Crippen molar-refractivity contribution in [2.75, 3.05) is 29.9 Å². The van der Waals surface area contributed by atoms with Gasteiger partial charge in [-0.25, -0.2) is 0 Å². The van der Waals surface area contributed by atoms with E-state index in [0.717, 1.165) is 16.9 Å². The molecule has 1 aromatic rings. The fourth-order valence-corrected chi connectivity index (χ4v) is 1.79. The van der Waals surface area contributed by atoms with E-state index >= 15 is 0 Å². The lowest BCUT2D eigenvalue weighted by Gasteiger charge is -2.30. The normalized spacial score (nSPS) is 14.8. The Labute approximate surface area is 88.5 Å². The molecule has 0 unspecified atom stereocenters. The van der Waals surface area contributed by atoms with Crippen LogP contribution in [0.25, 0.3) is 0 Å². The van der Waals surface area contributed by atoms with Crippen molar-refractivity contribution >= 4 is 17.3 Å². The molecule has 0 saturated carbocycles. The zero-order valence-corrected chi connectivity index (χ0v) is 8.66. The van der Waals surface area contributed by atoms with Crippen LogP contribution in [0.1, 0.15) is 5.56 Å². The Balaban J connectivity index is 2.37. The van der Waals surface area contributed by atoms with E-state index in [9.17, 15) is 4.79 Å². The Morgan fingerprint density at radius 3 is 3.07 bits per heavy atom. The summed E-state index contributed by atoms with van der Waals surface area (Å²) in [7, 11) is 0. The molecule has 1 aromatic carbocycles. The summed E-state index contributed by atoms with van der Waals surface area (Å²) in [5.41, 5.74) is 2.92. The summed E-state index contributed by atoms with van der Waals surface area (Å²) in [5.74, 6) is -0.0263. The summed E-state index contributed by atoms with van der Waals surface area (Å²) in [6.45, 7) is 2.85. The van der Waals surface area contributed by atoms with E-state index in [2.05, 4.69) is 5.32 Å². The van der Waals surface area contributed by atoms with Crippen molar-refractivity contribution in [3.8, 4) is 0 Å². The van der Waals surface area contributed by atoms with E-state index in [0.29, 0.717) is 13.1 Å². The highest BCUT2D eigenvalue weighted by molar-refractivity contribution is 6.01. The summed E-state index contributed by atoms with van der Waals surface area (Å²) in [4.78, 5) is 13.3. The van der Waals surface area contributed by atoms with Gasteiger partial charge in [-0.3, -0.25) is 4.79 Å². The lowest BCUT2D eigenvalue weighted by Crippen LogP contribution is -2.39. The Bertz CT molecular complexity index is 390. The fourth-order valence-electron chi connectivity index (χ4n) is 1.79. The number of hydrogen-bond donors (Lipinski definition) is 2. The molecule has 2 N–H and O–H groups in total. The van der Waals surface area contributed by atoms with Crippen LogP contribution in [0.4, 0.5) is 11.4 Å². The van der Waals surface area contributed by atoms with Crippen molar-refractivity contribution in [1.29, 1.82) is 0 Å². The maximum Gasteiger partial charge on any atom is 0.243 e. The SMILES string of the molecule is Cc1ccc2c(c1)NC(=O)CN2CCO. The minimum absolute atomic E-state index is 0.0263. The van der Waals surface area contributed by atoms with Gasteiger partial charge in [-0.1, -0.05) is 6.07 Å². The first-order valence-corrected chi connectivity index (χ1v) is 4.97. The molecular formula is C11H14N2O2. The first kappa shape index (κ1) is 9.98. The number of aliphatic hydroxyl groups is 1. The minimum Gasteiger partial charge on any atom is -0.395 e. The molecule has 80 valence electrons. The monoisotopic (exact) mass is 206 g/mol. The van der Waals surface area contributed by atoms with Crippen LogP contribution in [0, 0.1) is 6.92 Å². The minimum atomic E-state index is -0.0263. The van der Waals surface area contributed by atoms with Crippen LogP contribution in [-0.4, -0.2) is 30.7 Å². The number of β-amino-alcohol motifs (C(OH)–C–C–N with tert-alkyl or cyclic N) is 1. The van der Waals surface area contributed by atoms with Crippen LogP contribution in [0.15, 0.2) is 18.2 Å². The number of amides is 1. The average Bonchev–Trinajstić information content (AvgIpc) is 2.17. The molecular weight excluding hydrogens is 192 g/mol. The third kappa shape index (κ3) is 1.94. The van der Waals surface area contributed by atoms with E-state index in [-0.39, 0.29) is 12.5 Å². The van der Waals surface area contributed by atoms with Crippen LogP contribution in [0.3, 0.4) is 0 Å². The largest absolute Gasteiger partial charge is 0.395 e. The second-order valence-corrected chi connectivity index (χ2v) is 3.71. The average molecular weight is 206 g/mol. The number of nitrogens with zero attached hydrogens (tertiary/aromatic N) is 1. The Morgan fingerprint density at radius 2 is 2.33 bits per heavy atom. The summed E-state index contributed by atoms with van der Waals surface area (Å²) >= 11 is 0. The second-order valence-electron chi connectivity index (χ2n) is 3.71. The van der Waals surface area contributed by atoms with Crippen molar-refractivity contribution in [2.24, 2.45) is 0 Å². The van der Waals surface area contributed by atoms with Gasteiger partial charge in [0.15, 0.2) is 0 Å². The highest BCUT2D eigenvalue weighted by atomic mass is 16.3. The van der Waals surface area contributed by atoms with Crippen molar-refractivity contribution in [3.05, 3.63) is 23.8 Å². The van der Waals surface area contributed by atoms with Gasteiger partial charge in [-0.15, -0.1) is 0 Å². The molecule has 1 amide bonds. The number of carbonyl (C=O) groups excluding carboxylic acids is 1. The van der Waals surface area contributed by atoms with Crippen molar-refractivity contribution in [2.45, 2.75) is 6.92 Å². The standard InChI is InChI=1S/C11H14N2O2/c1-8-2-3-10-9(6-8)12-11(15)7-13(10)4-5-14/h2-3,6,14H,4-5,7H2,1H3,(H,12,15). The molecule has 0 spiro atoms. The quantitative estimate of drug-likeness (QED) is 0.750. The lowest BCUT2D eigenvalue weighted by molar-refractivity contribution is -0.115. The third-order valence-electron chi connectivity index (χ3n) is 2.47. The smallest absolute Gasteiger partial charge is 0.243 e. The van der Waals surface area contributed by atoms with Gasteiger partial charge in [0, 0.05) is 6.54 Å². The molecule has 1 heterocycles. The van der Waals surface area contributed by atoms with Gasteiger partial charge < -0.3 is 15.3 Å². The van der Waals surface area contributed by atoms with E-state index in [1.54, 1.807) is 0 Å². The van der Waals surface area contributed by atoms with Gasteiger partial charge in [0.25, 0.3) is 0 Å².